The number of amides is 2. The normalized spacial score (nSPS) is 21.3. The molecule has 2 aromatic rings. The zero-order chi connectivity index (χ0) is 17.1. The summed E-state index contributed by atoms with van der Waals surface area (Å²) in [5.41, 5.74) is 7.17. The molecule has 2 amide bonds. The minimum absolute atomic E-state index is 0.0959. The number of likely N-dealkylation sites (tertiary alicyclic amines) is 1. The number of fused-ring (bicyclic) bond motifs is 1. The lowest BCUT2D eigenvalue weighted by Gasteiger charge is -2.36. The van der Waals surface area contributed by atoms with Crippen molar-refractivity contribution >= 4 is 28.8 Å². The molecule has 5 heteroatoms. The van der Waals surface area contributed by atoms with Crippen molar-refractivity contribution in [2.24, 2.45) is 11.7 Å². The SMILES string of the molecule is C[C@@H]1CC[C@H](C(N)=O)CN1C(=O)/C=C\c1cccc2cccnc12. The van der Waals surface area contributed by atoms with Crippen LogP contribution in [0.2, 0.25) is 0 Å². The molecule has 2 heterocycles. The van der Waals surface area contributed by atoms with Gasteiger partial charge >= 0.3 is 0 Å². The fraction of sp³-hybridized carbons (Fsp3) is 0.316. The van der Waals surface area contributed by atoms with E-state index in [9.17, 15) is 9.59 Å². The van der Waals surface area contributed by atoms with E-state index in [1.807, 2.05) is 37.3 Å². The molecule has 1 saturated heterocycles. The Morgan fingerprint density at radius 2 is 2.04 bits per heavy atom. The molecule has 0 unspecified atom stereocenters. The first kappa shape index (κ1) is 16.2. The molecule has 0 saturated carbocycles. The lowest BCUT2D eigenvalue weighted by molar-refractivity contribution is -0.133. The Balaban J connectivity index is 1.80. The van der Waals surface area contributed by atoms with E-state index in [1.165, 1.54) is 0 Å². The summed E-state index contributed by atoms with van der Waals surface area (Å²) in [4.78, 5) is 30.1. The number of benzene rings is 1. The first-order valence-corrected chi connectivity index (χ1v) is 8.18. The molecule has 124 valence electrons. The van der Waals surface area contributed by atoms with Crippen LogP contribution in [0.5, 0.6) is 0 Å². The molecular formula is C19H21N3O2. The fourth-order valence-corrected chi connectivity index (χ4v) is 3.17. The number of pyridine rings is 1. The second-order valence-corrected chi connectivity index (χ2v) is 6.27. The number of carbonyl (C=O) groups excluding carboxylic acids is 2. The second kappa shape index (κ2) is 6.83. The number of piperidine rings is 1. The molecule has 0 bridgehead atoms. The Hall–Kier alpha value is -2.69. The summed E-state index contributed by atoms with van der Waals surface area (Å²) >= 11 is 0. The number of hydrogen-bond acceptors (Lipinski definition) is 3. The van der Waals surface area contributed by atoms with E-state index < -0.39 is 0 Å². The third kappa shape index (κ3) is 3.30. The van der Waals surface area contributed by atoms with Gasteiger partial charge in [-0.3, -0.25) is 14.6 Å². The monoisotopic (exact) mass is 323 g/mol. The quantitative estimate of drug-likeness (QED) is 0.881. The van der Waals surface area contributed by atoms with E-state index >= 15 is 0 Å². The molecule has 1 fully saturated rings. The van der Waals surface area contributed by atoms with Gasteiger partial charge in [-0.05, 0) is 31.9 Å². The molecule has 3 rings (SSSR count). The van der Waals surface area contributed by atoms with Gasteiger partial charge in [-0.2, -0.15) is 0 Å². The Morgan fingerprint density at radius 3 is 2.83 bits per heavy atom. The van der Waals surface area contributed by atoms with Gasteiger partial charge in [0, 0.05) is 35.8 Å². The van der Waals surface area contributed by atoms with Gasteiger partial charge in [0.2, 0.25) is 11.8 Å². The van der Waals surface area contributed by atoms with Gasteiger partial charge in [0.15, 0.2) is 0 Å². The van der Waals surface area contributed by atoms with E-state index in [0.717, 1.165) is 29.3 Å². The standard InChI is InChI=1S/C19H21N3O2/c1-13-7-8-16(19(20)24)12-22(13)17(23)10-9-15-5-2-4-14-6-3-11-21-18(14)15/h2-6,9-11,13,16H,7-8,12H2,1H3,(H2,20,24)/b10-9-/t13-,16+/m1/s1. The highest BCUT2D eigenvalue weighted by Gasteiger charge is 2.30. The van der Waals surface area contributed by atoms with Crippen molar-refractivity contribution in [1.82, 2.24) is 9.88 Å². The molecule has 5 nitrogen and oxygen atoms in total. The Kier molecular flexibility index (Phi) is 4.60. The maximum atomic E-state index is 12.6. The largest absolute Gasteiger partial charge is 0.369 e. The highest BCUT2D eigenvalue weighted by molar-refractivity contribution is 5.95. The molecule has 0 radical (unpaired) electrons. The van der Waals surface area contributed by atoms with Crippen LogP contribution >= 0.6 is 0 Å². The van der Waals surface area contributed by atoms with Crippen molar-refractivity contribution < 1.29 is 9.59 Å². The maximum absolute atomic E-state index is 12.6. The van der Waals surface area contributed by atoms with E-state index in [0.29, 0.717) is 6.54 Å². The van der Waals surface area contributed by atoms with Crippen LogP contribution in [-0.2, 0) is 9.59 Å². The number of aromatic nitrogens is 1. The number of nitrogens with two attached hydrogens (primary N) is 1. The van der Waals surface area contributed by atoms with E-state index in [4.69, 9.17) is 5.73 Å². The zero-order valence-corrected chi connectivity index (χ0v) is 13.7. The van der Waals surface area contributed by atoms with Gasteiger partial charge in [0.1, 0.15) is 0 Å². The van der Waals surface area contributed by atoms with Gasteiger partial charge in [-0.1, -0.05) is 24.3 Å². The summed E-state index contributed by atoms with van der Waals surface area (Å²) in [5.74, 6) is -0.680. The van der Waals surface area contributed by atoms with Gasteiger partial charge in [-0.25, -0.2) is 0 Å². The number of hydrogen-bond donors (Lipinski definition) is 1. The van der Waals surface area contributed by atoms with Crippen LogP contribution in [0.1, 0.15) is 25.3 Å². The van der Waals surface area contributed by atoms with E-state index in [2.05, 4.69) is 4.98 Å². The average molecular weight is 323 g/mol. The summed E-state index contributed by atoms with van der Waals surface area (Å²) in [6.45, 7) is 2.40. The summed E-state index contributed by atoms with van der Waals surface area (Å²) in [7, 11) is 0. The summed E-state index contributed by atoms with van der Waals surface area (Å²) in [6.07, 6.45) is 6.63. The molecule has 1 aliphatic rings. The van der Waals surface area contributed by atoms with Crippen molar-refractivity contribution in [2.45, 2.75) is 25.8 Å². The third-order valence-electron chi connectivity index (χ3n) is 4.64. The topological polar surface area (TPSA) is 76.3 Å². The third-order valence-corrected chi connectivity index (χ3v) is 4.64. The minimum Gasteiger partial charge on any atom is -0.369 e. The van der Waals surface area contributed by atoms with Crippen LogP contribution in [0, 0.1) is 5.92 Å². The average Bonchev–Trinajstić information content (AvgIpc) is 2.59. The smallest absolute Gasteiger partial charge is 0.246 e. The van der Waals surface area contributed by atoms with Crippen molar-refractivity contribution in [3.05, 3.63) is 48.2 Å². The van der Waals surface area contributed by atoms with E-state index in [1.54, 1.807) is 23.2 Å². The zero-order valence-electron chi connectivity index (χ0n) is 13.7. The predicted molar refractivity (Wildman–Crippen MR) is 93.9 cm³/mol. The summed E-state index contributed by atoms with van der Waals surface area (Å²) in [6, 6.07) is 9.87. The van der Waals surface area contributed by atoms with Crippen LogP contribution in [0.15, 0.2) is 42.6 Å². The molecule has 1 aliphatic heterocycles. The molecular weight excluding hydrogens is 302 g/mol. The first-order valence-electron chi connectivity index (χ1n) is 8.18. The van der Waals surface area contributed by atoms with Crippen LogP contribution in [0.4, 0.5) is 0 Å². The van der Waals surface area contributed by atoms with Gasteiger partial charge < -0.3 is 10.6 Å². The first-order chi connectivity index (χ1) is 11.6. The van der Waals surface area contributed by atoms with Crippen molar-refractivity contribution in [3.8, 4) is 0 Å². The summed E-state index contributed by atoms with van der Waals surface area (Å²) < 4.78 is 0. The number of para-hydroxylation sites is 1. The van der Waals surface area contributed by atoms with Crippen LogP contribution in [-0.4, -0.2) is 34.3 Å². The number of carbonyl (C=O) groups is 2. The minimum atomic E-state index is -0.332. The van der Waals surface area contributed by atoms with Crippen molar-refractivity contribution in [3.63, 3.8) is 0 Å². The predicted octanol–water partition coefficient (Wildman–Crippen LogP) is 2.36. The Bertz CT molecular complexity index is 795. The number of primary amides is 1. The second-order valence-electron chi connectivity index (χ2n) is 6.27. The molecule has 1 aromatic heterocycles. The summed E-state index contributed by atoms with van der Waals surface area (Å²) in [5, 5.41) is 1.03. The molecule has 24 heavy (non-hydrogen) atoms. The molecule has 2 N–H and O–H groups in total. The van der Waals surface area contributed by atoms with E-state index in [-0.39, 0.29) is 23.8 Å². The number of nitrogens with zero attached hydrogens (tertiary/aromatic N) is 2. The van der Waals surface area contributed by atoms with Crippen LogP contribution in [0.3, 0.4) is 0 Å². The van der Waals surface area contributed by atoms with Gasteiger partial charge in [0.05, 0.1) is 11.4 Å². The highest BCUT2D eigenvalue weighted by Crippen LogP contribution is 2.23. The lowest BCUT2D eigenvalue weighted by atomic mass is 9.93. The highest BCUT2D eigenvalue weighted by atomic mass is 16.2. The van der Waals surface area contributed by atoms with Gasteiger partial charge in [0.25, 0.3) is 0 Å². The van der Waals surface area contributed by atoms with Crippen LogP contribution in [0.25, 0.3) is 17.0 Å². The van der Waals surface area contributed by atoms with Crippen molar-refractivity contribution in [2.75, 3.05) is 6.54 Å². The van der Waals surface area contributed by atoms with Gasteiger partial charge in [-0.15, -0.1) is 0 Å². The molecule has 0 aliphatic carbocycles. The van der Waals surface area contributed by atoms with Crippen molar-refractivity contribution in [1.29, 1.82) is 0 Å². The fourth-order valence-electron chi connectivity index (χ4n) is 3.17. The lowest BCUT2D eigenvalue weighted by Crippen LogP contribution is -2.48. The Labute approximate surface area is 141 Å². The maximum Gasteiger partial charge on any atom is 0.246 e. The van der Waals surface area contributed by atoms with Crippen LogP contribution < -0.4 is 5.73 Å². The number of rotatable bonds is 3. The molecule has 0 spiro atoms. The molecule has 1 aromatic carbocycles. The Morgan fingerprint density at radius 1 is 1.25 bits per heavy atom. The molecule has 2 atom stereocenters.